The lowest BCUT2D eigenvalue weighted by atomic mass is 9.86. The van der Waals surface area contributed by atoms with E-state index in [1.807, 2.05) is 24.3 Å². The lowest BCUT2D eigenvalue weighted by molar-refractivity contribution is -0.0462. The van der Waals surface area contributed by atoms with Gasteiger partial charge in [-0.25, -0.2) is 9.18 Å². The zero-order valence-electron chi connectivity index (χ0n) is 17.2. The van der Waals surface area contributed by atoms with Crippen LogP contribution in [0.25, 0.3) is 0 Å². The molecule has 4 aliphatic rings. The summed E-state index contributed by atoms with van der Waals surface area (Å²) < 4.78 is 25.6. The minimum atomic E-state index is -0.427. The van der Waals surface area contributed by atoms with E-state index in [0.29, 0.717) is 12.5 Å². The smallest absolute Gasteiger partial charge is 0.410 e. The Morgan fingerprint density at radius 2 is 1.90 bits per heavy atom. The molecule has 2 atom stereocenters. The molecule has 2 aromatic rings. The van der Waals surface area contributed by atoms with Crippen LogP contribution < -0.4 is 4.74 Å². The van der Waals surface area contributed by atoms with E-state index in [4.69, 9.17) is 9.47 Å². The van der Waals surface area contributed by atoms with Crippen molar-refractivity contribution in [3.8, 4) is 5.75 Å². The molecule has 0 aromatic heterocycles. The second-order valence-corrected chi connectivity index (χ2v) is 8.50. The van der Waals surface area contributed by atoms with E-state index in [9.17, 15) is 9.18 Å². The lowest BCUT2D eigenvalue weighted by Gasteiger charge is -2.45. The average Bonchev–Trinajstić information content (AvgIpc) is 2.79. The summed E-state index contributed by atoms with van der Waals surface area (Å²) >= 11 is 0. The first-order valence-electron chi connectivity index (χ1n) is 10.7. The molecule has 0 N–H and O–H groups in total. The van der Waals surface area contributed by atoms with Crippen molar-refractivity contribution < 1.29 is 18.7 Å². The summed E-state index contributed by atoms with van der Waals surface area (Å²) in [5.41, 5.74) is 2.94. The normalized spacial score (nSPS) is 27.5. The highest BCUT2D eigenvalue weighted by atomic mass is 19.1. The average molecular weight is 410 g/mol. The van der Waals surface area contributed by atoms with E-state index in [0.717, 1.165) is 50.0 Å². The van der Waals surface area contributed by atoms with Gasteiger partial charge in [-0.05, 0) is 67.1 Å². The third-order valence-corrected chi connectivity index (χ3v) is 6.86. The molecule has 6 heteroatoms. The molecule has 4 heterocycles. The Morgan fingerprint density at radius 3 is 2.60 bits per heavy atom. The van der Waals surface area contributed by atoms with Crippen molar-refractivity contribution >= 4 is 6.09 Å². The van der Waals surface area contributed by atoms with E-state index in [2.05, 4.69) is 11.0 Å². The van der Waals surface area contributed by atoms with E-state index < -0.39 is 5.82 Å². The number of ether oxygens (including phenoxy) is 2. The van der Waals surface area contributed by atoms with Gasteiger partial charge in [0.15, 0.2) is 11.6 Å². The number of hydrogen-bond acceptors (Lipinski definition) is 4. The summed E-state index contributed by atoms with van der Waals surface area (Å²) in [5, 5.41) is 0. The molecule has 3 saturated heterocycles. The van der Waals surface area contributed by atoms with E-state index >= 15 is 0 Å². The fourth-order valence-electron chi connectivity index (χ4n) is 5.22. The largest absolute Gasteiger partial charge is 0.494 e. The SMILES string of the molecule is COc1ccc([C@@H]2c3ccccc3CCN2C(=O)O[C@@H]2CN3CCC2CC3)cc1F. The standard InChI is InChI=1S/C24H27FN2O3/c1-29-21-7-6-18(14-20(21)25)23-19-5-3-2-4-16(19)10-13-27(23)24(28)30-22-15-26-11-8-17(22)9-12-26/h2-7,14,17,22-23H,8-13,15H2,1H3/t22-,23-/m1/s1. The summed E-state index contributed by atoms with van der Waals surface area (Å²) in [6.07, 6.45) is 2.59. The zero-order chi connectivity index (χ0) is 20.7. The van der Waals surface area contributed by atoms with E-state index in [1.54, 1.807) is 11.0 Å². The van der Waals surface area contributed by atoms with Crippen LogP contribution >= 0.6 is 0 Å². The van der Waals surface area contributed by atoms with Crippen molar-refractivity contribution in [1.82, 2.24) is 9.80 Å². The van der Waals surface area contributed by atoms with Gasteiger partial charge in [0.05, 0.1) is 13.2 Å². The number of hydrogen-bond donors (Lipinski definition) is 0. The molecule has 0 unspecified atom stereocenters. The van der Waals surface area contributed by atoms with Crippen LogP contribution in [0.5, 0.6) is 5.75 Å². The van der Waals surface area contributed by atoms with Crippen molar-refractivity contribution in [1.29, 1.82) is 0 Å². The van der Waals surface area contributed by atoms with Gasteiger partial charge in [0.1, 0.15) is 6.10 Å². The minimum absolute atomic E-state index is 0.0505. The molecular weight excluding hydrogens is 383 g/mol. The van der Waals surface area contributed by atoms with Crippen molar-refractivity contribution in [2.45, 2.75) is 31.4 Å². The molecule has 30 heavy (non-hydrogen) atoms. The number of rotatable bonds is 3. The summed E-state index contributed by atoms with van der Waals surface area (Å²) in [7, 11) is 1.45. The summed E-state index contributed by atoms with van der Waals surface area (Å²) in [5.74, 6) is 0.223. The van der Waals surface area contributed by atoms with Crippen LogP contribution in [0.2, 0.25) is 0 Å². The van der Waals surface area contributed by atoms with Crippen molar-refractivity contribution in [3.05, 3.63) is 65.0 Å². The minimum Gasteiger partial charge on any atom is -0.494 e. The predicted octanol–water partition coefficient (Wildman–Crippen LogP) is 4.01. The topological polar surface area (TPSA) is 42.0 Å². The second-order valence-electron chi connectivity index (χ2n) is 8.50. The highest BCUT2D eigenvalue weighted by Gasteiger charge is 2.39. The molecule has 1 amide bonds. The maximum atomic E-state index is 14.5. The second kappa shape index (κ2) is 7.91. The van der Waals surface area contributed by atoms with Gasteiger partial charge in [0, 0.05) is 13.1 Å². The third kappa shape index (κ3) is 3.43. The zero-order valence-corrected chi connectivity index (χ0v) is 17.2. The predicted molar refractivity (Wildman–Crippen MR) is 111 cm³/mol. The summed E-state index contributed by atoms with van der Waals surface area (Å²) in [6.45, 7) is 3.57. The molecule has 0 radical (unpaired) electrons. The van der Waals surface area contributed by atoms with Crippen LogP contribution in [0, 0.1) is 11.7 Å². The molecule has 5 nitrogen and oxygen atoms in total. The molecule has 2 bridgehead atoms. The number of fused-ring (bicyclic) bond motifs is 4. The lowest BCUT2D eigenvalue weighted by Crippen LogP contribution is -2.53. The molecule has 0 spiro atoms. The summed E-state index contributed by atoms with van der Waals surface area (Å²) in [6, 6.07) is 12.6. The Morgan fingerprint density at radius 1 is 1.10 bits per heavy atom. The number of amides is 1. The fraction of sp³-hybridized carbons (Fsp3) is 0.458. The van der Waals surface area contributed by atoms with Gasteiger partial charge in [-0.15, -0.1) is 0 Å². The number of piperidine rings is 3. The maximum absolute atomic E-state index is 14.5. The number of carbonyl (C=O) groups excluding carboxylic acids is 1. The van der Waals surface area contributed by atoms with Crippen LogP contribution in [-0.2, 0) is 11.2 Å². The van der Waals surface area contributed by atoms with Gasteiger partial charge in [-0.3, -0.25) is 9.80 Å². The van der Waals surface area contributed by atoms with Gasteiger partial charge in [-0.2, -0.15) is 0 Å². The Labute approximate surface area is 176 Å². The molecule has 2 aromatic carbocycles. The van der Waals surface area contributed by atoms with Gasteiger partial charge < -0.3 is 9.47 Å². The molecule has 0 aliphatic carbocycles. The van der Waals surface area contributed by atoms with Gasteiger partial charge in [0.2, 0.25) is 0 Å². The molecule has 0 saturated carbocycles. The maximum Gasteiger partial charge on any atom is 0.410 e. The molecule has 158 valence electrons. The Bertz CT molecular complexity index is 942. The highest BCUT2D eigenvalue weighted by molar-refractivity contribution is 5.70. The molecular formula is C24H27FN2O3. The summed E-state index contributed by atoms with van der Waals surface area (Å²) in [4.78, 5) is 17.5. The van der Waals surface area contributed by atoms with Crippen LogP contribution in [0.15, 0.2) is 42.5 Å². The fourth-order valence-corrected chi connectivity index (χ4v) is 5.22. The highest BCUT2D eigenvalue weighted by Crippen LogP contribution is 2.38. The Balaban J connectivity index is 1.45. The van der Waals surface area contributed by atoms with Crippen LogP contribution in [0.3, 0.4) is 0 Å². The van der Waals surface area contributed by atoms with E-state index in [-0.39, 0.29) is 24.0 Å². The van der Waals surface area contributed by atoms with Gasteiger partial charge in [-0.1, -0.05) is 30.3 Å². The number of nitrogens with zero attached hydrogens (tertiary/aromatic N) is 2. The van der Waals surface area contributed by atoms with Crippen LogP contribution in [-0.4, -0.2) is 55.3 Å². The number of benzene rings is 2. The number of carbonyl (C=O) groups is 1. The number of methoxy groups -OCH3 is 1. The molecule has 6 rings (SSSR count). The quantitative estimate of drug-likeness (QED) is 0.767. The van der Waals surface area contributed by atoms with Gasteiger partial charge >= 0.3 is 6.09 Å². The number of halogens is 1. The first kappa shape index (κ1) is 19.4. The molecule has 3 fully saturated rings. The third-order valence-electron chi connectivity index (χ3n) is 6.86. The van der Waals surface area contributed by atoms with Crippen LogP contribution in [0.4, 0.5) is 9.18 Å². The monoisotopic (exact) mass is 410 g/mol. The first-order chi connectivity index (χ1) is 14.6. The van der Waals surface area contributed by atoms with Crippen molar-refractivity contribution in [2.75, 3.05) is 33.3 Å². The first-order valence-corrected chi connectivity index (χ1v) is 10.7. The Kier molecular flexibility index (Phi) is 5.11. The van der Waals surface area contributed by atoms with E-state index in [1.165, 1.54) is 18.7 Å². The van der Waals surface area contributed by atoms with Crippen molar-refractivity contribution in [2.24, 2.45) is 5.92 Å². The Hall–Kier alpha value is -2.60. The van der Waals surface area contributed by atoms with Crippen LogP contribution in [0.1, 0.15) is 35.6 Å². The van der Waals surface area contributed by atoms with Gasteiger partial charge in [0.25, 0.3) is 0 Å². The van der Waals surface area contributed by atoms with Crippen molar-refractivity contribution in [3.63, 3.8) is 0 Å². The molecule has 4 aliphatic heterocycles.